The number of nitro benzene ring substituents is 1. The number of nitrogens with one attached hydrogen (secondary N) is 2. The molecule has 1 heterocycles. The molecule has 6 nitrogen and oxygen atoms in total. The second-order valence-electron chi connectivity index (χ2n) is 4.76. The maximum atomic E-state index is 13.6. The lowest BCUT2D eigenvalue weighted by molar-refractivity contribution is -0.385. The fourth-order valence-corrected chi connectivity index (χ4v) is 2.26. The van der Waals surface area contributed by atoms with Crippen molar-refractivity contribution in [1.29, 1.82) is 0 Å². The van der Waals surface area contributed by atoms with Crippen LogP contribution in [0.25, 0.3) is 0 Å². The molecule has 0 bridgehead atoms. The van der Waals surface area contributed by atoms with E-state index in [2.05, 4.69) is 10.6 Å². The molecule has 1 saturated heterocycles. The van der Waals surface area contributed by atoms with Crippen molar-refractivity contribution in [2.75, 3.05) is 13.1 Å². The molecule has 0 radical (unpaired) electrons. The van der Waals surface area contributed by atoms with Crippen molar-refractivity contribution in [3.05, 3.63) is 39.7 Å². The molecule has 1 aromatic carbocycles. The highest BCUT2D eigenvalue weighted by Gasteiger charge is 2.17. The summed E-state index contributed by atoms with van der Waals surface area (Å²) in [6, 6.07) is 3.41. The summed E-state index contributed by atoms with van der Waals surface area (Å²) in [5.41, 5.74) is -0.538. The van der Waals surface area contributed by atoms with E-state index < -0.39 is 16.6 Å². The SMILES string of the molecule is O=C(NCC[C@@H]1CCCN1)c1ccc([N+](=O)[O-])cc1F. The van der Waals surface area contributed by atoms with Gasteiger partial charge >= 0.3 is 0 Å². The molecule has 2 rings (SSSR count). The lowest BCUT2D eigenvalue weighted by atomic mass is 10.1. The molecule has 1 aliphatic heterocycles. The van der Waals surface area contributed by atoms with E-state index in [1.165, 1.54) is 0 Å². The second-order valence-corrected chi connectivity index (χ2v) is 4.76. The van der Waals surface area contributed by atoms with E-state index in [9.17, 15) is 19.3 Å². The maximum absolute atomic E-state index is 13.6. The van der Waals surface area contributed by atoms with Crippen LogP contribution in [-0.4, -0.2) is 30.0 Å². The van der Waals surface area contributed by atoms with Crippen LogP contribution in [0, 0.1) is 15.9 Å². The van der Waals surface area contributed by atoms with Crippen LogP contribution in [-0.2, 0) is 0 Å². The van der Waals surface area contributed by atoms with Crippen molar-refractivity contribution in [2.45, 2.75) is 25.3 Å². The smallest absolute Gasteiger partial charge is 0.272 e. The largest absolute Gasteiger partial charge is 0.352 e. The maximum Gasteiger partial charge on any atom is 0.272 e. The lowest BCUT2D eigenvalue weighted by Crippen LogP contribution is -2.31. The van der Waals surface area contributed by atoms with Crippen LogP contribution < -0.4 is 10.6 Å². The number of rotatable bonds is 5. The molecule has 1 aliphatic rings. The summed E-state index contributed by atoms with van der Waals surface area (Å²) in [7, 11) is 0. The molecule has 0 aromatic heterocycles. The van der Waals surface area contributed by atoms with E-state index in [0.29, 0.717) is 12.6 Å². The predicted molar refractivity (Wildman–Crippen MR) is 71.0 cm³/mol. The summed E-state index contributed by atoms with van der Waals surface area (Å²) in [4.78, 5) is 21.6. The molecule has 1 atom stereocenters. The Balaban J connectivity index is 1.89. The van der Waals surface area contributed by atoms with Gasteiger partial charge in [0.2, 0.25) is 0 Å². The Bertz CT molecular complexity index is 516. The van der Waals surface area contributed by atoms with Gasteiger partial charge in [0, 0.05) is 18.7 Å². The minimum atomic E-state index is -0.879. The summed E-state index contributed by atoms with van der Waals surface area (Å²) < 4.78 is 13.6. The first-order valence-electron chi connectivity index (χ1n) is 6.53. The van der Waals surface area contributed by atoms with Crippen molar-refractivity contribution >= 4 is 11.6 Å². The van der Waals surface area contributed by atoms with Gasteiger partial charge in [-0.3, -0.25) is 14.9 Å². The van der Waals surface area contributed by atoms with E-state index >= 15 is 0 Å². The molecule has 108 valence electrons. The summed E-state index contributed by atoms with van der Waals surface area (Å²) in [6.45, 7) is 1.45. The number of nitrogens with zero attached hydrogens (tertiary/aromatic N) is 1. The Kier molecular flexibility index (Phi) is 4.62. The van der Waals surface area contributed by atoms with Crippen LogP contribution in [0.5, 0.6) is 0 Å². The third-order valence-electron chi connectivity index (χ3n) is 3.35. The molecule has 0 unspecified atom stereocenters. The summed E-state index contributed by atoms with van der Waals surface area (Å²) >= 11 is 0. The van der Waals surface area contributed by atoms with Gasteiger partial charge in [0.05, 0.1) is 16.6 Å². The zero-order valence-corrected chi connectivity index (χ0v) is 10.9. The summed E-state index contributed by atoms with van der Waals surface area (Å²) in [5.74, 6) is -1.42. The number of carbonyl (C=O) groups is 1. The molecular weight excluding hydrogens is 265 g/mol. The highest BCUT2D eigenvalue weighted by atomic mass is 19.1. The van der Waals surface area contributed by atoms with Crippen molar-refractivity contribution in [2.24, 2.45) is 0 Å². The number of amides is 1. The Morgan fingerprint density at radius 1 is 1.55 bits per heavy atom. The molecule has 0 aliphatic carbocycles. The molecule has 1 aromatic rings. The normalized spacial score (nSPS) is 17.9. The monoisotopic (exact) mass is 281 g/mol. The van der Waals surface area contributed by atoms with Crippen molar-refractivity contribution < 1.29 is 14.1 Å². The zero-order valence-electron chi connectivity index (χ0n) is 10.9. The van der Waals surface area contributed by atoms with E-state index in [4.69, 9.17) is 0 Å². The van der Waals surface area contributed by atoms with Crippen LogP contribution in [0.3, 0.4) is 0 Å². The summed E-state index contributed by atoms with van der Waals surface area (Å²) in [6.07, 6.45) is 3.01. The Morgan fingerprint density at radius 3 is 2.95 bits per heavy atom. The number of hydrogen-bond acceptors (Lipinski definition) is 4. The van der Waals surface area contributed by atoms with Crippen molar-refractivity contribution in [3.8, 4) is 0 Å². The minimum Gasteiger partial charge on any atom is -0.352 e. The molecule has 1 amide bonds. The number of benzene rings is 1. The quantitative estimate of drug-likeness (QED) is 0.634. The molecule has 0 spiro atoms. The molecule has 7 heteroatoms. The van der Waals surface area contributed by atoms with Gasteiger partial charge in [-0.25, -0.2) is 4.39 Å². The fraction of sp³-hybridized carbons (Fsp3) is 0.462. The number of halogens is 1. The molecule has 0 saturated carbocycles. The number of carbonyl (C=O) groups excluding carboxylic acids is 1. The van der Waals surface area contributed by atoms with Crippen LogP contribution in [0.2, 0.25) is 0 Å². The molecule has 2 N–H and O–H groups in total. The Labute approximate surface area is 115 Å². The highest BCUT2D eigenvalue weighted by molar-refractivity contribution is 5.94. The highest BCUT2D eigenvalue weighted by Crippen LogP contribution is 2.16. The van der Waals surface area contributed by atoms with Crippen LogP contribution in [0.15, 0.2) is 18.2 Å². The average molecular weight is 281 g/mol. The van der Waals surface area contributed by atoms with E-state index in [1.54, 1.807) is 0 Å². The number of hydrogen-bond donors (Lipinski definition) is 2. The van der Waals surface area contributed by atoms with Crippen LogP contribution >= 0.6 is 0 Å². The molecular formula is C13H16FN3O3. The van der Waals surface area contributed by atoms with E-state index in [0.717, 1.165) is 44.0 Å². The number of nitro groups is 1. The van der Waals surface area contributed by atoms with Gasteiger partial charge < -0.3 is 10.6 Å². The first-order chi connectivity index (χ1) is 9.58. The van der Waals surface area contributed by atoms with E-state index in [-0.39, 0.29) is 11.3 Å². The molecule has 20 heavy (non-hydrogen) atoms. The fourth-order valence-electron chi connectivity index (χ4n) is 2.26. The Hall–Kier alpha value is -2.02. The first-order valence-corrected chi connectivity index (χ1v) is 6.53. The first kappa shape index (κ1) is 14.4. The van der Waals surface area contributed by atoms with Crippen LogP contribution in [0.4, 0.5) is 10.1 Å². The van der Waals surface area contributed by atoms with Gasteiger partial charge in [0.15, 0.2) is 0 Å². The van der Waals surface area contributed by atoms with Crippen molar-refractivity contribution in [3.63, 3.8) is 0 Å². The molecule has 1 fully saturated rings. The minimum absolute atomic E-state index is 0.171. The van der Waals surface area contributed by atoms with Crippen LogP contribution in [0.1, 0.15) is 29.6 Å². The number of non-ortho nitro benzene ring substituents is 1. The average Bonchev–Trinajstić information content (AvgIpc) is 2.91. The van der Waals surface area contributed by atoms with Gasteiger partial charge in [0.25, 0.3) is 11.6 Å². The third-order valence-corrected chi connectivity index (χ3v) is 3.35. The van der Waals surface area contributed by atoms with Gasteiger partial charge in [-0.05, 0) is 31.9 Å². The van der Waals surface area contributed by atoms with Gasteiger partial charge in [-0.1, -0.05) is 0 Å². The standard InChI is InChI=1S/C13H16FN3O3/c14-12-8-10(17(19)20)3-4-11(12)13(18)16-7-5-9-2-1-6-15-9/h3-4,8-9,15H,1-2,5-7H2,(H,16,18)/t9-/m0/s1. The predicted octanol–water partition coefficient (Wildman–Crippen LogP) is 1.61. The zero-order chi connectivity index (χ0) is 14.5. The lowest BCUT2D eigenvalue weighted by Gasteiger charge is -2.11. The third kappa shape index (κ3) is 3.51. The van der Waals surface area contributed by atoms with Gasteiger partial charge in [-0.2, -0.15) is 0 Å². The van der Waals surface area contributed by atoms with Gasteiger partial charge in [-0.15, -0.1) is 0 Å². The second kappa shape index (κ2) is 6.42. The van der Waals surface area contributed by atoms with E-state index in [1.807, 2.05) is 0 Å². The van der Waals surface area contributed by atoms with Crippen molar-refractivity contribution in [1.82, 2.24) is 10.6 Å². The topological polar surface area (TPSA) is 84.3 Å². The summed E-state index contributed by atoms with van der Waals surface area (Å²) in [5, 5.41) is 16.4. The Morgan fingerprint density at radius 2 is 2.35 bits per heavy atom. The van der Waals surface area contributed by atoms with Gasteiger partial charge in [0.1, 0.15) is 5.82 Å².